The third kappa shape index (κ3) is 4.29. The Bertz CT molecular complexity index is 1010. The summed E-state index contributed by atoms with van der Waals surface area (Å²) in [7, 11) is 1.63. The van der Waals surface area contributed by atoms with Crippen LogP contribution in [0.3, 0.4) is 0 Å². The summed E-state index contributed by atoms with van der Waals surface area (Å²) < 4.78 is 15.7. The second-order valence-corrected chi connectivity index (χ2v) is 7.02. The van der Waals surface area contributed by atoms with E-state index in [1.165, 1.54) is 17.4 Å². The zero-order valence-electron chi connectivity index (χ0n) is 15.0. The molecule has 2 heterocycles. The standard InChI is InChI=1S/C20H17N3O4S/c1-25-15-6-2-14(3-7-15)11-19-22-23-20(28-19)21-18(24)9-5-13-4-8-16-17(10-13)27-12-26-16/h2-10H,11-12H2,1H3,(H,21,23,24). The van der Waals surface area contributed by atoms with Gasteiger partial charge in [0.05, 0.1) is 7.11 Å². The molecule has 3 aromatic rings. The number of aromatic nitrogens is 2. The first-order chi connectivity index (χ1) is 13.7. The maximum atomic E-state index is 12.1. The van der Waals surface area contributed by atoms with E-state index in [-0.39, 0.29) is 12.7 Å². The van der Waals surface area contributed by atoms with Gasteiger partial charge in [-0.05, 0) is 41.5 Å². The summed E-state index contributed by atoms with van der Waals surface area (Å²) in [5, 5.41) is 12.2. The van der Waals surface area contributed by atoms with Crippen molar-refractivity contribution in [2.75, 3.05) is 19.2 Å². The minimum atomic E-state index is -0.273. The predicted molar refractivity (Wildman–Crippen MR) is 106 cm³/mol. The minimum absolute atomic E-state index is 0.221. The summed E-state index contributed by atoms with van der Waals surface area (Å²) in [5.74, 6) is 1.92. The van der Waals surface area contributed by atoms with E-state index in [0.29, 0.717) is 23.1 Å². The number of benzene rings is 2. The molecule has 1 aliphatic heterocycles. The van der Waals surface area contributed by atoms with E-state index in [2.05, 4.69) is 15.5 Å². The number of nitrogens with zero attached hydrogens (tertiary/aromatic N) is 2. The van der Waals surface area contributed by atoms with Gasteiger partial charge >= 0.3 is 0 Å². The number of ether oxygens (including phenoxy) is 3. The molecular weight excluding hydrogens is 378 g/mol. The van der Waals surface area contributed by atoms with E-state index in [9.17, 15) is 4.79 Å². The third-order valence-electron chi connectivity index (χ3n) is 4.04. The predicted octanol–water partition coefficient (Wildman–Crippen LogP) is 3.52. The van der Waals surface area contributed by atoms with E-state index in [1.54, 1.807) is 13.2 Å². The number of fused-ring (bicyclic) bond motifs is 1. The van der Waals surface area contributed by atoms with Crippen molar-refractivity contribution < 1.29 is 19.0 Å². The topological polar surface area (TPSA) is 82.6 Å². The molecule has 1 aliphatic rings. The van der Waals surface area contributed by atoms with Gasteiger partial charge in [0.1, 0.15) is 10.8 Å². The molecule has 0 spiro atoms. The fraction of sp³-hybridized carbons (Fsp3) is 0.150. The van der Waals surface area contributed by atoms with Crippen molar-refractivity contribution in [1.29, 1.82) is 0 Å². The highest BCUT2D eigenvalue weighted by Gasteiger charge is 2.12. The van der Waals surface area contributed by atoms with Gasteiger partial charge in [0.25, 0.3) is 0 Å². The lowest BCUT2D eigenvalue weighted by Crippen LogP contribution is -2.07. The molecule has 0 saturated carbocycles. The first-order valence-electron chi connectivity index (χ1n) is 8.53. The van der Waals surface area contributed by atoms with Gasteiger partial charge in [-0.1, -0.05) is 29.5 Å². The highest BCUT2D eigenvalue weighted by molar-refractivity contribution is 7.15. The van der Waals surface area contributed by atoms with Gasteiger partial charge in [0, 0.05) is 12.5 Å². The lowest BCUT2D eigenvalue weighted by molar-refractivity contribution is -0.111. The summed E-state index contributed by atoms with van der Waals surface area (Å²) in [6, 6.07) is 13.3. The Morgan fingerprint density at radius 2 is 2.00 bits per heavy atom. The molecule has 0 atom stereocenters. The molecule has 142 valence electrons. The van der Waals surface area contributed by atoms with Gasteiger partial charge in [-0.25, -0.2) is 0 Å². The highest BCUT2D eigenvalue weighted by Crippen LogP contribution is 2.32. The van der Waals surface area contributed by atoms with Gasteiger partial charge < -0.3 is 14.2 Å². The molecule has 0 unspecified atom stereocenters. The Balaban J connectivity index is 1.34. The van der Waals surface area contributed by atoms with Crippen LogP contribution in [0.2, 0.25) is 0 Å². The lowest BCUT2D eigenvalue weighted by Gasteiger charge is -2.00. The Labute approximate surface area is 165 Å². The van der Waals surface area contributed by atoms with Crippen molar-refractivity contribution in [1.82, 2.24) is 10.2 Å². The molecule has 0 radical (unpaired) electrons. The van der Waals surface area contributed by atoms with E-state index in [0.717, 1.165) is 21.9 Å². The summed E-state index contributed by atoms with van der Waals surface area (Å²) in [6.45, 7) is 0.221. The Hall–Kier alpha value is -3.39. The fourth-order valence-electron chi connectivity index (χ4n) is 2.63. The average molecular weight is 395 g/mol. The molecule has 0 bridgehead atoms. The van der Waals surface area contributed by atoms with Crippen molar-refractivity contribution in [2.24, 2.45) is 0 Å². The van der Waals surface area contributed by atoms with Crippen molar-refractivity contribution in [2.45, 2.75) is 6.42 Å². The normalized spacial score (nSPS) is 12.3. The van der Waals surface area contributed by atoms with Crippen LogP contribution in [0, 0.1) is 0 Å². The highest BCUT2D eigenvalue weighted by atomic mass is 32.1. The Morgan fingerprint density at radius 1 is 1.18 bits per heavy atom. The zero-order valence-corrected chi connectivity index (χ0v) is 15.9. The number of nitrogens with one attached hydrogen (secondary N) is 1. The van der Waals surface area contributed by atoms with Gasteiger partial charge in [-0.15, -0.1) is 10.2 Å². The smallest absolute Gasteiger partial charge is 0.250 e. The molecule has 1 aromatic heterocycles. The number of anilines is 1. The number of carbonyl (C=O) groups is 1. The quantitative estimate of drug-likeness (QED) is 0.643. The van der Waals surface area contributed by atoms with Crippen LogP contribution in [-0.2, 0) is 11.2 Å². The molecule has 1 amide bonds. The Kier molecular flexibility index (Phi) is 5.20. The molecule has 7 nitrogen and oxygen atoms in total. The molecule has 1 N–H and O–H groups in total. The molecule has 0 saturated heterocycles. The van der Waals surface area contributed by atoms with Crippen LogP contribution in [0.15, 0.2) is 48.5 Å². The summed E-state index contributed by atoms with van der Waals surface area (Å²) in [5.41, 5.74) is 1.94. The molecule has 0 fully saturated rings. The van der Waals surface area contributed by atoms with Crippen LogP contribution >= 0.6 is 11.3 Å². The maximum Gasteiger partial charge on any atom is 0.250 e. The fourth-order valence-corrected chi connectivity index (χ4v) is 3.41. The molecular formula is C20H17N3O4S. The van der Waals surface area contributed by atoms with E-state index in [1.807, 2.05) is 42.5 Å². The average Bonchev–Trinajstić information content (AvgIpc) is 3.36. The first-order valence-corrected chi connectivity index (χ1v) is 9.35. The Morgan fingerprint density at radius 3 is 2.82 bits per heavy atom. The zero-order chi connectivity index (χ0) is 19.3. The SMILES string of the molecule is COc1ccc(Cc2nnc(NC(=O)C=Cc3ccc4c(c3)OCO4)s2)cc1. The molecule has 2 aromatic carbocycles. The van der Waals surface area contributed by atoms with Gasteiger partial charge in [0.2, 0.25) is 17.8 Å². The van der Waals surface area contributed by atoms with Crippen molar-refractivity contribution >= 4 is 28.5 Å². The van der Waals surface area contributed by atoms with Crippen molar-refractivity contribution in [3.05, 3.63) is 64.7 Å². The van der Waals surface area contributed by atoms with Crippen molar-refractivity contribution in [3.8, 4) is 17.2 Å². The number of methoxy groups -OCH3 is 1. The number of amides is 1. The summed E-state index contributed by atoms with van der Waals surface area (Å²) in [6.07, 6.45) is 3.79. The number of carbonyl (C=O) groups excluding carboxylic acids is 1. The van der Waals surface area contributed by atoms with Crippen LogP contribution in [0.25, 0.3) is 6.08 Å². The van der Waals surface area contributed by atoms with E-state index < -0.39 is 0 Å². The van der Waals surface area contributed by atoms with Gasteiger partial charge in [-0.2, -0.15) is 0 Å². The lowest BCUT2D eigenvalue weighted by atomic mass is 10.1. The first kappa shape index (κ1) is 18.0. The molecule has 28 heavy (non-hydrogen) atoms. The van der Waals surface area contributed by atoms with Gasteiger partial charge in [-0.3, -0.25) is 10.1 Å². The van der Waals surface area contributed by atoms with Crippen LogP contribution < -0.4 is 19.5 Å². The monoisotopic (exact) mass is 395 g/mol. The van der Waals surface area contributed by atoms with Crippen LogP contribution in [0.4, 0.5) is 5.13 Å². The largest absolute Gasteiger partial charge is 0.497 e. The maximum absolute atomic E-state index is 12.1. The number of hydrogen-bond donors (Lipinski definition) is 1. The minimum Gasteiger partial charge on any atom is -0.497 e. The van der Waals surface area contributed by atoms with Crippen LogP contribution in [0.5, 0.6) is 17.2 Å². The van der Waals surface area contributed by atoms with Crippen LogP contribution in [-0.4, -0.2) is 30.0 Å². The number of hydrogen-bond acceptors (Lipinski definition) is 7. The van der Waals surface area contributed by atoms with Crippen LogP contribution in [0.1, 0.15) is 16.1 Å². The summed E-state index contributed by atoms with van der Waals surface area (Å²) in [4.78, 5) is 12.1. The molecule has 0 aliphatic carbocycles. The van der Waals surface area contributed by atoms with E-state index in [4.69, 9.17) is 14.2 Å². The summed E-state index contributed by atoms with van der Waals surface area (Å²) >= 11 is 1.35. The molecule has 4 rings (SSSR count). The molecule has 8 heteroatoms. The van der Waals surface area contributed by atoms with Crippen molar-refractivity contribution in [3.63, 3.8) is 0 Å². The number of rotatable bonds is 6. The van der Waals surface area contributed by atoms with Gasteiger partial charge in [0.15, 0.2) is 11.5 Å². The van der Waals surface area contributed by atoms with E-state index >= 15 is 0 Å². The third-order valence-corrected chi connectivity index (χ3v) is 4.87. The second-order valence-electron chi connectivity index (χ2n) is 5.96. The second kappa shape index (κ2) is 8.10.